The van der Waals surface area contributed by atoms with Crippen LogP contribution in [0.25, 0.3) is 0 Å². The van der Waals surface area contributed by atoms with Crippen LogP contribution in [0.3, 0.4) is 0 Å². The Morgan fingerprint density at radius 3 is 2.75 bits per heavy atom. The molecule has 0 fully saturated rings. The van der Waals surface area contributed by atoms with E-state index in [2.05, 4.69) is 5.32 Å². The van der Waals surface area contributed by atoms with Crippen LogP contribution in [-0.4, -0.2) is 30.2 Å². The fourth-order valence-corrected chi connectivity index (χ4v) is 3.17. The van der Waals surface area contributed by atoms with Crippen LogP contribution in [0.2, 0.25) is 0 Å². The molecular weight excluding hydrogens is 272 g/mol. The lowest BCUT2D eigenvalue weighted by Crippen LogP contribution is -2.45. The van der Waals surface area contributed by atoms with Crippen molar-refractivity contribution in [1.29, 1.82) is 0 Å². The highest BCUT2D eigenvalue weighted by Gasteiger charge is 2.26. The molecule has 1 aliphatic heterocycles. The van der Waals surface area contributed by atoms with Crippen LogP contribution in [0.5, 0.6) is 0 Å². The molecule has 0 spiro atoms. The van der Waals surface area contributed by atoms with E-state index in [0.717, 1.165) is 23.4 Å². The van der Waals surface area contributed by atoms with Gasteiger partial charge in [0.05, 0.1) is 11.4 Å². The number of rotatable bonds is 5. The van der Waals surface area contributed by atoms with E-state index in [1.165, 1.54) is 11.8 Å². The number of amides is 2. The van der Waals surface area contributed by atoms with Gasteiger partial charge >= 0.3 is 0 Å². The van der Waals surface area contributed by atoms with Gasteiger partial charge in [-0.2, -0.15) is 0 Å². The zero-order valence-corrected chi connectivity index (χ0v) is 12.7. The van der Waals surface area contributed by atoms with Crippen molar-refractivity contribution < 1.29 is 9.59 Å². The summed E-state index contributed by atoms with van der Waals surface area (Å²) in [7, 11) is 0. The molecule has 0 saturated heterocycles. The molecule has 0 aliphatic carbocycles. The molecule has 1 aromatic rings. The average Bonchev–Trinajstić information content (AvgIpc) is 2.47. The van der Waals surface area contributed by atoms with E-state index in [1.807, 2.05) is 38.1 Å². The van der Waals surface area contributed by atoms with Gasteiger partial charge in [0.25, 0.3) is 0 Å². The third-order valence-electron chi connectivity index (χ3n) is 3.46. The summed E-state index contributed by atoms with van der Waals surface area (Å²) in [4.78, 5) is 26.8. The minimum Gasteiger partial charge on any atom is -0.352 e. The standard InChI is InChI=1S/C15H20N2O2S/c1-3-11(4-2)16-14(18)9-17-12-7-5-6-8-13(12)20-10-15(17)19/h5-8,11H,3-4,9-10H2,1-2H3,(H,16,18). The molecule has 0 unspecified atom stereocenters. The zero-order chi connectivity index (χ0) is 14.5. The molecule has 0 aromatic heterocycles. The molecule has 0 atom stereocenters. The van der Waals surface area contributed by atoms with Gasteiger partial charge in [-0.15, -0.1) is 11.8 Å². The highest BCUT2D eigenvalue weighted by molar-refractivity contribution is 8.00. The van der Waals surface area contributed by atoms with Crippen molar-refractivity contribution in [2.75, 3.05) is 17.2 Å². The van der Waals surface area contributed by atoms with Crippen LogP contribution in [-0.2, 0) is 9.59 Å². The minimum absolute atomic E-state index is 0.00611. The van der Waals surface area contributed by atoms with Crippen LogP contribution in [0.4, 0.5) is 5.69 Å². The van der Waals surface area contributed by atoms with E-state index >= 15 is 0 Å². The van der Waals surface area contributed by atoms with Gasteiger partial charge in [0.2, 0.25) is 11.8 Å². The summed E-state index contributed by atoms with van der Waals surface area (Å²) >= 11 is 1.53. The smallest absolute Gasteiger partial charge is 0.240 e. The van der Waals surface area contributed by atoms with Crippen molar-refractivity contribution >= 4 is 29.3 Å². The number of thioether (sulfide) groups is 1. The number of hydrogen-bond acceptors (Lipinski definition) is 3. The molecule has 2 rings (SSSR count). The van der Waals surface area contributed by atoms with Gasteiger partial charge in [-0.25, -0.2) is 0 Å². The monoisotopic (exact) mass is 292 g/mol. The van der Waals surface area contributed by atoms with E-state index in [4.69, 9.17) is 0 Å². The molecular formula is C15H20N2O2S. The highest BCUT2D eigenvalue weighted by atomic mass is 32.2. The summed E-state index contributed by atoms with van der Waals surface area (Å²) in [5, 5.41) is 2.98. The van der Waals surface area contributed by atoms with Crippen molar-refractivity contribution in [3.8, 4) is 0 Å². The lowest BCUT2D eigenvalue weighted by Gasteiger charge is -2.29. The first kappa shape index (κ1) is 14.9. The van der Waals surface area contributed by atoms with Crippen molar-refractivity contribution in [1.82, 2.24) is 5.32 Å². The summed E-state index contributed by atoms with van der Waals surface area (Å²) < 4.78 is 0. The Hall–Kier alpha value is -1.49. The van der Waals surface area contributed by atoms with E-state index in [-0.39, 0.29) is 24.4 Å². The predicted molar refractivity (Wildman–Crippen MR) is 82.0 cm³/mol. The van der Waals surface area contributed by atoms with Crippen LogP contribution >= 0.6 is 11.8 Å². The average molecular weight is 292 g/mol. The number of fused-ring (bicyclic) bond motifs is 1. The SMILES string of the molecule is CCC(CC)NC(=O)CN1C(=O)CSc2ccccc21. The maximum Gasteiger partial charge on any atom is 0.240 e. The van der Waals surface area contributed by atoms with Crippen molar-refractivity contribution in [3.05, 3.63) is 24.3 Å². The molecule has 1 N–H and O–H groups in total. The Labute approximate surface area is 123 Å². The molecule has 1 heterocycles. The van der Waals surface area contributed by atoms with Crippen LogP contribution in [0.15, 0.2) is 29.2 Å². The Kier molecular flexibility index (Phi) is 5.06. The first-order valence-corrected chi connectivity index (χ1v) is 7.95. The lowest BCUT2D eigenvalue weighted by atomic mass is 10.2. The van der Waals surface area contributed by atoms with Crippen molar-refractivity contribution in [3.63, 3.8) is 0 Å². The minimum atomic E-state index is -0.0891. The number of anilines is 1. The van der Waals surface area contributed by atoms with Gasteiger partial charge in [-0.3, -0.25) is 9.59 Å². The molecule has 5 heteroatoms. The second kappa shape index (κ2) is 6.79. The molecule has 1 aliphatic rings. The molecule has 1 aromatic carbocycles. The van der Waals surface area contributed by atoms with Crippen LogP contribution in [0, 0.1) is 0 Å². The molecule has 0 bridgehead atoms. The van der Waals surface area contributed by atoms with Gasteiger partial charge < -0.3 is 10.2 Å². The number of hydrogen-bond donors (Lipinski definition) is 1. The zero-order valence-electron chi connectivity index (χ0n) is 11.9. The first-order chi connectivity index (χ1) is 9.65. The Bertz CT molecular complexity index is 500. The first-order valence-electron chi connectivity index (χ1n) is 6.97. The fraction of sp³-hybridized carbons (Fsp3) is 0.467. The number of para-hydroxylation sites is 1. The molecule has 0 saturated carbocycles. The summed E-state index contributed by atoms with van der Waals surface area (Å²) in [6.45, 7) is 4.20. The number of benzene rings is 1. The van der Waals surface area contributed by atoms with Crippen LogP contribution < -0.4 is 10.2 Å². The summed E-state index contributed by atoms with van der Waals surface area (Å²) in [6, 6.07) is 7.91. The third kappa shape index (κ3) is 3.33. The van der Waals surface area contributed by atoms with Gasteiger partial charge in [-0.05, 0) is 25.0 Å². The maximum atomic E-state index is 12.1. The van der Waals surface area contributed by atoms with E-state index in [9.17, 15) is 9.59 Å². The van der Waals surface area contributed by atoms with E-state index in [1.54, 1.807) is 4.90 Å². The largest absolute Gasteiger partial charge is 0.352 e. The number of nitrogens with one attached hydrogen (secondary N) is 1. The van der Waals surface area contributed by atoms with Crippen molar-refractivity contribution in [2.45, 2.75) is 37.6 Å². The molecule has 0 radical (unpaired) electrons. The molecule has 4 nitrogen and oxygen atoms in total. The Morgan fingerprint density at radius 2 is 2.05 bits per heavy atom. The number of carbonyl (C=O) groups is 2. The predicted octanol–water partition coefficient (Wildman–Crippen LogP) is 2.43. The van der Waals surface area contributed by atoms with Gasteiger partial charge in [0, 0.05) is 10.9 Å². The van der Waals surface area contributed by atoms with E-state index in [0.29, 0.717) is 5.75 Å². The van der Waals surface area contributed by atoms with Gasteiger partial charge in [0.15, 0.2) is 0 Å². The highest BCUT2D eigenvalue weighted by Crippen LogP contribution is 2.34. The van der Waals surface area contributed by atoms with Gasteiger partial charge in [-0.1, -0.05) is 26.0 Å². The van der Waals surface area contributed by atoms with Crippen LogP contribution in [0.1, 0.15) is 26.7 Å². The molecule has 20 heavy (non-hydrogen) atoms. The Morgan fingerprint density at radius 1 is 1.35 bits per heavy atom. The summed E-state index contributed by atoms with van der Waals surface area (Å²) in [5.41, 5.74) is 0.841. The third-order valence-corrected chi connectivity index (χ3v) is 4.51. The number of nitrogens with zero attached hydrogens (tertiary/aromatic N) is 1. The number of carbonyl (C=O) groups excluding carboxylic acids is 2. The fourth-order valence-electron chi connectivity index (χ4n) is 2.24. The van der Waals surface area contributed by atoms with Gasteiger partial charge in [0.1, 0.15) is 6.54 Å². The summed E-state index contributed by atoms with van der Waals surface area (Å²) in [5.74, 6) is 0.303. The molecule has 108 valence electrons. The van der Waals surface area contributed by atoms with Crippen molar-refractivity contribution in [2.24, 2.45) is 0 Å². The topological polar surface area (TPSA) is 49.4 Å². The summed E-state index contributed by atoms with van der Waals surface area (Å²) in [6.07, 6.45) is 1.81. The molecule has 2 amide bonds. The second-order valence-corrected chi connectivity index (χ2v) is 5.83. The normalized spacial score (nSPS) is 14.3. The van der Waals surface area contributed by atoms with E-state index < -0.39 is 0 Å². The lowest BCUT2D eigenvalue weighted by molar-refractivity contribution is -0.123. The maximum absolute atomic E-state index is 12.1. The quantitative estimate of drug-likeness (QED) is 0.907. The Balaban J connectivity index is 2.08. The second-order valence-electron chi connectivity index (χ2n) is 4.82.